The highest BCUT2D eigenvalue weighted by Gasteiger charge is 2.22. The molecule has 0 unspecified atom stereocenters. The molecule has 1 aliphatic rings. The predicted molar refractivity (Wildman–Crippen MR) is 75.2 cm³/mol. The van der Waals surface area contributed by atoms with E-state index in [1.807, 2.05) is 6.20 Å². The molecule has 0 aliphatic carbocycles. The molecule has 1 N–H and O–H groups in total. The lowest BCUT2D eigenvalue weighted by molar-refractivity contribution is -0.00521. The maximum atomic E-state index is 5.76. The molecule has 0 bridgehead atoms. The monoisotopic (exact) mass is 249 g/mol. The lowest BCUT2D eigenvalue weighted by atomic mass is 10.2. The highest BCUT2D eigenvalue weighted by atomic mass is 16.5. The summed E-state index contributed by atoms with van der Waals surface area (Å²) >= 11 is 0. The van der Waals surface area contributed by atoms with Crippen LogP contribution in [0, 0.1) is 0 Å². The smallest absolute Gasteiger partial charge is 0.127 e. The van der Waals surface area contributed by atoms with E-state index in [1.165, 1.54) is 5.69 Å². The molecule has 100 valence electrons. The first-order chi connectivity index (χ1) is 8.69. The van der Waals surface area contributed by atoms with Crippen molar-refractivity contribution in [2.24, 2.45) is 0 Å². The van der Waals surface area contributed by atoms with Gasteiger partial charge in [0.15, 0.2) is 0 Å². The van der Waals surface area contributed by atoms with Crippen LogP contribution in [0.15, 0.2) is 18.3 Å². The third kappa shape index (κ3) is 3.35. The molecule has 0 saturated carbocycles. The van der Waals surface area contributed by atoms with Crippen LogP contribution in [0.25, 0.3) is 0 Å². The highest BCUT2D eigenvalue weighted by Crippen LogP contribution is 2.21. The lowest BCUT2D eigenvalue weighted by Crippen LogP contribution is -2.45. The molecule has 1 aromatic rings. The Kier molecular flexibility index (Phi) is 4.42. The molecular weight excluding hydrogens is 226 g/mol. The van der Waals surface area contributed by atoms with Crippen molar-refractivity contribution in [3.05, 3.63) is 18.3 Å². The zero-order chi connectivity index (χ0) is 13.0. The molecule has 1 aliphatic heterocycles. The fourth-order valence-electron chi connectivity index (χ4n) is 2.35. The molecule has 2 atom stereocenters. The van der Waals surface area contributed by atoms with Crippen molar-refractivity contribution in [1.82, 2.24) is 4.98 Å². The molecule has 4 heteroatoms. The maximum Gasteiger partial charge on any atom is 0.127 e. The highest BCUT2D eigenvalue weighted by molar-refractivity contribution is 5.54. The van der Waals surface area contributed by atoms with E-state index in [9.17, 15) is 0 Å². The molecule has 2 heterocycles. The summed E-state index contributed by atoms with van der Waals surface area (Å²) in [4.78, 5) is 6.71. The van der Waals surface area contributed by atoms with Crippen molar-refractivity contribution in [2.45, 2.75) is 39.4 Å². The van der Waals surface area contributed by atoms with E-state index in [4.69, 9.17) is 4.74 Å². The van der Waals surface area contributed by atoms with E-state index in [1.54, 1.807) is 0 Å². The van der Waals surface area contributed by atoms with Gasteiger partial charge in [0.05, 0.1) is 12.2 Å². The molecule has 4 nitrogen and oxygen atoms in total. The van der Waals surface area contributed by atoms with E-state index in [0.717, 1.165) is 31.9 Å². The summed E-state index contributed by atoms with van der Waals surface area (Å²) in [5, 5.41) is 3.33. The van der Waals surface area contributed by atoms with Gasteiger partial charge in [0, 0.05) is 37.6 Å². The van der Waals surface area contributed by atoms with Crippen LogP contribution >= 0.6 is 0 Å². The molecule has 2 rings (SSSR count). The van der Waals surface area contributed by atoms with Gasteiger partial charge in [-0.15, -0.1) is 0 Å². The molecule has 1 saturated heterocycles. The average Bonchev–Trinajstić information content (AvgIpc) is 2.35. The first kappa shape index (κ1) is 13.1. The van der Waals surface area contributed by atoms with Gasteiger partial charge in [0.25, 0.3) is 0 Å². The predicted octanol–water partition coefficient (Wildman–Crippen LogP) is 2.52. The number of rotatable bonds is 4. The lowest BCUT2D eigenvalue weighted by Gasteiger charge is -2.36. The van der Waals surface area contributed by atoms with Gasteiger partial charge >= 0.3 is 0 Å². The van der Waals surface area contributed by atoms with Gasteiger partial charge in [0.1, 0.15) is 5.82 Å². The van der Waals surface area contributed by atoms with Crippen molar-refractivity contribution in [2.75, 3.05) is 29.9 Å². The number of hydrogen-bond donors (Lipinski definition) is 1. The Hall–Kier alpha value is -1.29. The Balaban J connectivity index is 2.07. The number of aromatic nitrogens is 1. The van der Waals surface area contributed by atoms with Crippen molar-refractivity contribution in [3.8, 4) is 0 Å². The van der Waals surface area contributed by atoms with Gasteiger partial charge in [-0.05, 0) is 26.3 Å². The SMILES string of the molecule is CCCNc1cc(N2C[C@@H](C)O[C@@H](C)C2)ccn1. The molecule has 0 radical (unpaired) electrons. The zero-order valence-electron chi connectivity index (χ0n) is 11.5. The van der Waals surface area contributed by atoms with Gasteiger partial charge in [-0.1, -0.05) is 6.92 Å². The molecule has 1 aromatic heterocycles. The van der Waals surface area contributed by atoms with Crippen molar-refractivity contribution in [1.29, 1.82) is 0 Å². The van der Waals surface area contributed by atoms with Crippen LogP contribution in [-0.2, 0) is 4.74 Å². The molecule has 1 fully saturated rings. The summed E-state index contributed by atoms with van der Waals surface area (Å²) in [5.74, 6) is 0.959. The van der Waals surface area contributed by atoms with E-state index >= 15 is 0 Å². The first-order valence-corrected chi connectivity index (χ1v) is 6.79. The van der Waals surface area contributed by atoms with E-state index in [2.05, 4.69) is 48.1 Å². The Morgan fingerprint density at radius 1 is 1.39 bits per heavy atom. The number of nitrogens with zero attached hydrogens (tertiary/aromatic N) is 2. The van der Waals surface area contributed by atoms with Crippen LogP contribution in [-0.4, -0.2) is 36.8 Å². The van der Waals surface area contributed by atoms with Crippen molar-refractivity contribution >= 4 is 11.5 Å². The largest absolute Gasteiger partial charge is 0.372 e. The number of nitrogens with one attached hydrogen (secondary N) is 1. The van der Waals surface area contributed by atoms with Gasteiger partial charge in [-0.2, -0.15) is 0 Å². The van der Waals surface area contributed by atoms with Crippen LogP contribution in [0.1, 0.15) is 27.2 Å². The summed E-state index contributed by atoms with van der Waals surface area (Å²) in [6.07, 6.45) is 3.55. The zero-order valence-corrected chi connectivity index (χ0v) is 11.5. The van der Waals surface area contributed by atoms with Crippen molar-refractivity contribution < 1.29 is 4.74 Å². The van der Waals surface area contributed by atoms with Gasteiger partial charge in [-0.3, -0.25) is 0 Å². The summed E-state index contributed by atoms with van der Waals surface area (Å²) in [7, 11) is 0. The summed E-state index contributed by atoms with van der Waals surface area (Å²) in [6, 6.07) is 4.20. The third-order valence-electron chi connectivity index (χ3n) is 3.08. The van der Waals surface area contributed by atoms with Crippen LogP contribution in [0.2, 0.25) is 0 Å². The van der Waals surface area contributed by atoms with E-state index in [0.29, 0.717) is 0 Å². The summed E-state index contributed by atoms with van der Waals surface area (Å²) < 4.78 is 5.76. The summed E-state index contributed by atoms with van der Waals surface area (Å²) in [6.45, 7) is 9.26. The Labute approximate surface area is 109 Å². The summed E-state index contributed by atoms with van der Waals surface area (Å²) in [5.41, 5.74) is 1.23. The minimum Gasteiger partial charge on any atom is -0.372 e. The second-order valence-corrected chi connectivity index (χ2v) is 4.99. The number of morpholine rings is 1. The normalized spacial score (nSPS) is 24.1. The van der Waals surface area contributed by atoms with Gasteiger partial charge < -0.3 is 15.0 Å². The van der Waals surface area contributed by atoms with Crippen molar-refractivity contribution in [3.63, 3.8) is 0 Å². The Bertz CT molecular complexity index is 373. The molecule has 0 aromatic carbocycles. The number of anilines is 2. The first-order valence-electron chi connectivity index (χ1n) is 6.79. The van der Waals surface area contributed by atoms with Crippen LogP contribution < -0.4 is 10.2 Å². The number of pyridine rings is 1. The molecular formula is C14H23N3O. The van der Waals surface area contributed by atoms with Gasteiger partial charge in [-0.25, -0.2) is 4.98 Å². The van der Waals surface area contributed by atoms with Crippen LogP contribution in [0.3, 0.4) is 0 Å². The quantitative estimate of drug-likeness (QED) is 0.889. The minimum absolute atomic E-state index is 0.286. The number of hydrogen-bond acceptors (Lipinski definition) is 4. The minimum atomic E-state index is 0.286. The Morgan fingerprint density at radius 3 is 2.78 bits per heavy atom. The number of ether oxygens (including phenoxy) is 1. The fourth-order valence-corrected chi connectivity index (χ4v) is 2.35. The average molecular weight is 249 g/mol. The molecule has 0 amide bonds. The van der Waals surface area contributed by atoms with Crippen LogP contribution in [0.5, 0.6) is 0 Å². The van der Waals surface area contributed by atoms with Crippen LogP contribution in [0.4, 0.5) is 11.5 Å². The van der Waals surface area contributed by atoms with E-state index < -0.39 is 0 Å². The second-order valence-electron chi connectivity index (χ2n) is 4.99. The van der Waals surface area contributed by atoms with E-state index in [-0.39, 0.29) is 12.2 Å². The molecule has 18 heavy (non-hydrogen) atoms. The fraction of sp³-hybridized carbons (Fsp3) is 0.643. The maximum absolute atomic E-state index is 5.76. The molecule has 0 spiro atoms. The standard InChI is InChI=1S/C14H23N3O/c1-4-6-15-14-8-13(5-7-16-14)17-9-11(2)18-12(3)10-17/h5,7-8,11-12H,4,6,9-10H2,1-3H3,(H,15,16)/t11-,12+. The van der Waals surface area contributed by atoms with Gasteiger partial charge in [0.2, 0.25) is 0 Å². The third-order valence-corrected chi connectivity index (χ3v) is 3.08. The topological polar surface area (TPSA) is 37.4 Å². The Morgan fingerprint density at radius 2 is 2.11 bits per heavy atom. The second kappa shape index (κ2) is 6.05.